The van der Waals surface area contributed by atoms with Crippen LogP contribution in [0.15, 0.2) is 23.8 Å². The van der Waals surface area contributed by atoms with Gasteiger partial charge in [0.2, 0.25) is 0 Å². The monoisotopic (exact) mass is 233 g/mol. The molecule has 1 aliphatic carbocycles. The van der Waals surface area contributed by atoms with Crippen molar-refractivity contribution in [2.45, 2.75) is 46.1 Å². The summed E-state index contributed by atoms with van der Waals surface area (Å²) in [6.07, 6.45) is 9.68. The molecule has 1 fully saturated rings. The number of piperidine rings is 1. The highest BCUT2D eigenvalue weighted by molar-refractivity contribution is 5.96. The van der Waals surface area contributed by atoms with Crippen molar-refractivity contribution in [2.75, 3.05) is 6.54 Å². The third kappa shape index (κ3) is 2.62. The highest BCUT2D eigenvalue weighted by Crippen LogP contribution is 2.26. The molecule has 1 aliphatic heterocycles. The van der Waals surface area contributed by atoms with E-state index in [1.807, 2.05) is 6.08 Å². The first kappa shape index (κ1) is 12.4. The Bertz CT molecular complexity index is 356. The molecule has 2 nitrogen and oxygen atoms in total. The second-order valence-corrected chi connectivity index (χ2v) is 5.60. The highest BCUT2D eigenvalue weighted by atomic mass is 16.2. The molecule has 0 aromatic carbocycles. The van der Waals surface area contributed by atoms with Crippen LogP contribution in [0, 0.1) is 11.8 Å². The first-order valence-electron chi connectivity index (χ1n) is 6.79. The fraction of sp³-hybridized carbons (Fsp3) is 0.667. The first-order chi connectivity index (χ1) is 8.09. The summed E-state index contributed by atoms with van der Waals surface area (Å²) >= 11 is 0. The Labute approximate surface area is 104 Å². The van der Waals surface area contributed by atoms with E-state index in [2.05, 4.69) is 37.8 Å². The van der Waals surface area contributed by atoms with Gasteiger partial charge in [0, 0.05) is 18.2 Å². The minimum atomic E-state index is 0.229. The maximum absolute atomic E-state index is 12.5. The molecule has 17 heavy (non-hydrogen) atoms. The van der Waals surface area contributed by atoms with Crippen LogP contribution in [0.3, 0.4) is 0 Å². The number of carbonyl (C=O) groups excluding carboxylic acids is 1. The van der Waals surface area contributed by atoms with Gasteiger partial charge in [-0.3, -0.25) is 4.79 Å². The van der Waals surface area contributed by atoms with E-state index in [-0.39, 0.29) is 5.91 Å². The molecule has 2 rings (SSSR count). The molecule has 1 heterocycles. The quantitative estimate of drug-likeness (QED) is 0.681. The van der Waals surface area contributed by atoms with Gasteiger partial charge in [0.1, 0.15) is 0 Å². The van der Waals surface area contributed by atoms with Crippen LogP contribution in [-0.4, -0.2) is 23.4 Å². The number of hydrogen-bond acceptors (Lipinski definition) is 1. The Morgan fingerprint density at radius 2 is 2.12 bits per heavy atom. The molecule has 94 valence electrons. The Kier molecular flexibility index (Phi) is 3.70. The third-order valence-corrected chi connectivity index (χ3v) is 4.15. The van der Waals surface area contributed by atoms with E-state index in [0.717, 1.165) is 25.0 Å². The van der Waals surface area contributed by atoms with Crippen LogP contribution >= 0.6 is 0 Å². The lowest BCUT2D eigenvalue weighted by molar-refractivity contribution is -0.131. The second-order valence-electron chi connectivity index (χ2n) is 5.60. The van der Waals surface area contributed by atoms with Gasteiger partial charge in [0.25, 0.3) is 5.91 Å². The molecular formula is C15H23NO. The zero-order valence-corrected chi connectivity index (χ0v) is 11.1. The molecule has 2 heteroatoms. The third-order valence-electron chi connectivity index (χ3n) is 4.15. The molecule has 1 saturated heterocycles. The number of allylic oxidation sites excluding steroid dienone is 2. The molecule has 3 unspecified atom stereocenters. The fourth-order valence-electron chi connectivity index (χ4n) is 2.77. The van der Waals surface area contributed by atoms with Crippen molar-refractivity contribution < 1.29 is 4.79 Å². The molecule has 0 aromatic rings. The SMILES string of the molecule is CC1C=C(C(=O)N2CCCC(C)C2C)C=CC1. The number of carbonyl (C=O) groups is 1. The van der Waals surface area contributed by atoms with Crippen molar-refractivity contribution in [3.05, 3.63) is 23.8 Å². The van der Waals surface area contributed by atoms with Crippen molar-refractivity contribution in [3.63, 3.8) is 0 Å². The van der Waals surface area contributed by atoms with Gasteiger partial charge in [0.15, 0.2) is 0 Å². The molecule has 0 radical (unpaired) electrons. The van der Waals surface area contributed by atoms with Crippen LogP contribution in [0.5, 0.6) is 0 Å². The van der Waals surface area contributed by atoms with E-state index in [1.165, 1.54) is 6.42 Å². The van der Waals surface area contributed by atoms with Gasteiger partial charge in [-0.25, -0.2) is 0 Å². The molecule has 0 spiro atoms. The van der Waals surface area contributed by atoms with E-state index in [0.29, 0.717) is 17.9 Å². The Morgan fingerprint density at radius 3 is 2.82 bits per heavy atom. The van der Waals surface area contributed by atoms with Gasteiger partial charge in [-0.05, 0) is 38.0 Å². The molecule has 0 aromatic heterocycles. The summed E-state index contributed by atoms with van der Waals surface area (Å²) in [6.45, 7) is 7.51. The van der Waals surface area contributed by atoms with E-state index < -0.39 is 0 Å². The molecule has 1 amide bonds. The number of hydrogen-bond donors (Lipinski definition) is 0. The molecule has 2 aliphatic rings. The van der Waals surface area contributed by atoms with Crippen LogP contribution in [0.4, 0.5) is 0 Å². The summed E-state index contributed by atoms with van der Waals surface area (Å²) in [5.74, 6) is 1.35. The average Bonchev–Trinajstić information content (AvgIpc) is 2.32. The molecule has 0 bridgehead atoms. The summed E-state index contributed by atoms with van der Waals surface area (Å²) in [7, 11) is 0. The maximum atomic E-state index is 12.5. The smallest absolute Gasteiger partial charge is 0.253 e. The second kappa shape index (κ2) is 5.07. The first-order valence-corrected chi connectivity index (χ1v) is 6.79. The largest absolute Gasteiger partial charge is 0.336 e. The van der Waals surface area contributed by atoms with Crippen molar-refractivity contribution >= 4 is 5.91 Å². The lowest BCUT2D eigenvalue weighted by Gasteiger charge is -2.38. The van der Waals surface area contributed by atoms with Crippen LogP contribution in [0.25, 0.3) is 0 Å². The van der Waals surface area contributed by atoms with Gasteiger partial charge in [-0.15, -0.1) is 0 Å². The molecule has 3 atom stereocenters. The summed E-state index contributed by atoms with van der Waals surface area (Å²) in [5, 5.41) is 0. The van der Waals surface area contributed by atoms with E-state index in [9.17, 15) is 4.79 Å². The van der Waals surface area contributed by atoms with E-state index >= 15 is 0 Å². The normalized spacial score (nSPS) is 33.5. The summed E-state index contributed by atoms with van der Waals surface area (Å²) in [6, 6.07) is 0.378. The van der Waals surface area contributed by atoms with Gasteiger partial charge in [-0.1, -0.05) is 32.1 Å². The van der Waals surface area contributed by atoms with E-state index in [4.69, 9.17) is 0 Å². The van der Waals surface area contributed by atoms with Gasteiger partial charge in [-0.2, -0.15) is 0 Å². The zero-order valence-electron chi connectivity index (χ0n) is 11.1. The van der Waals surface area contributed by atoms with Gasteiger partial charge >= 0.3 is 0 Å². The number of rotatable bonds is 1. The predicted octanol–water partition coefficient (Wildman–Crippen LogP) is 3.16. The van der Waals surface area contributed by atoms with E-state index in [1.54, 1.807) is 0 Å². The Hall–Kier alpha value is -1.05. The van der Waals surface area contributed by atoms with Crippen LogP contribution in [0.2, 0.25) is 0 Å². The Balaban J connectivity index is 2.11. The summed E-state index contributed by atoms with van der Waals surface area (Å²) in [5.41, 5.74) is 0.893. The minimum Gasteiger partial charge on any atom is -0.336 e. The lowest BCUT2D eigenvalue weighted by Crippen LogP contribution is -2.46. The maximum Gasteiger partial charge on any atom is 0.253 e. The average molecular weight is 233 g/mol. The lowest BCUT2D eigenvalue weighted by atomic mass is 9.90. The summed E-state index contributed by atoms with van der Waals surface area (Å²) < 4.78 is 0. The Morgan fingerprint density at radius 1 is 1.35 bits per heavy atom. The molecule has 0 N–H and O–H groups in total. The van der Waals surface area contributed by atoms with Gasteiger partial charge in [0.05, 0.1) is 0 Å². The number of amides is 1. The standard InChI is InChI=1S/C15H23NO/c1-11-6-4-8-14(10-11)15(17)16-9-5-7-12(2)13(16)3/h4,8,10-13H,5-7,9H2,1-3H3. The fourth-order valence-corrected chi connectivity index (χ4v) is 2.77. The molecule has 0 saturated carbocycles. The number of nitrogens with zero attached hydrogens (tertiary/aromatic N) is 1. The van der Waals surface area contributed by atoms with Gasteiger partial charge < -0.3 is 4.90 Å². The van der Waals surface area contributed by atoms with Crippen LogP contribution < -0.4 is 0 Å². The topological polar surface area (TPSA) is 20.3 Å². The zero-order chi connectivity index (χ0) is 12.4. The number of likely N-dealkylation sites (tertiary alicyclic amines) is 1. The summed E-state index contributed by atoms with van der Waals surface area (Å²) in [4.78, 5) is 14.5. The highest BCUT2D eigenvalue weighted by Gasteiger charge is 2.29. The van der Waals surface area contributed by atoms with Crippen LogP contribution in [-0.2, 0) is 4.79 Å². The van der Waals surface area contributed by atoms with Crippen LogP contribution in [0.1, 0.15) is 40.0 Å². The van der Waals surface area contributed by atoms with Crippen molar-refractivity contribution in [2.24, 2.45) is 11.8 Å². The van der Waals surface area contributed by atoms with Crippen molar-refractivity contribution in [3.8, 4) is 0 Å². The molecular weight excluding hydrogens is 210 g/mol. The minimum absolute atomic E-state index is 0.229. The van der Waals surface area contributed by atoms with Crippen molar-refractivity contribution in [1.29, 1.82) is 0 Å². The predicted molar refractivity (Wildman–Crippen MR) is 70.6 cm³/mol. The van der Waals surface area contributed by atoms with Crippen molar-refractivity contribution in [1.82, 2.24) is 4.90 Å².